The standard InChI is InChI=1S/C23H26F3N3O4S/c24-23(25,26)17-3-1-4-18(13-17)27-22(30)28-20-14-19(34(31,32)15-16-5-6-16)7-8-21(20)29-9-2-11-33-12-10-29/h1,3-4,7-8,13-14,16H,2,5-6,9-12,15H2,(H2,27,28,30). The van der Waals surface area contributed by atoms with Gasteiger partial charge in [-0.3, -0.25) is 0 Å². The van der Waals surface area contributed by atoms with E-state index in [0.717, 1.165) is 31.4 Å². The van der Waals surface area contributed by atoms with Crippen LogP contribution in [-0.4, -0.2) is 46.5 Å². The van der Waals surface area contributed by atoms with E-state index in [9.17, 15) is 26.4 Å². The number of urea groups is 1. The number of hydrogen-bond donors (Lipinski definition) is 2. The quantitative estimate of drug-likeness (QED) is 0.601. The van der Waals surface area contributed by atoms with Gasteiger partial charge in [0.05, 0.1) is 34.2 Å². The van der Waals surface area contributed by atoms with Crippen molar-refractivity contribution in [1.29, 1.82) is 0 Å². The van der Waals surface area contributed by atoms with Gasteiger partial charge in [0.15, 0.2) is 9.84 Å². The Kier molecular flexibility index (Phi) is 7.04. The van der Waals surface area contributed by atoms with Gasteiger partial charge in [-0.15, -0.1) is 0 Å². The van der Waals surface area contributed by atoms with Crippen molar-refractivity contribution in [3.63, 3.8) is 0 Å². The van der Waals surface area contributed by atoms with Gasteiger partial charge in [-0.1, -0.05) is 6.07 Å². The van der Waals surface area contributed by atoms with Gasteiger partial charge in [0, 0.05) is 25.4 Å². The van der Waals surface area contributed by atoms with E-state index in [1.165, 1.54) is 24.3 Å². The number of benzene rings is 2. The normalized spacial score (nSPS) is 17.2. The largest absolute Gasteiger partial charge is 0.416 e. The minimum Gasteiger partial charge on any atom is -0.380 e. The molecule has 0 atom stereocenters. The Morgan fingerprint density at radius 2 is 1.85 bits per heavy atom. The number of ether oxygens (including phenoxy) is 1. The van der Waals surface area contributed by atoms with Crippen molar-refractivity contribution in [2.24, 2.45) is 5.92 Å². The maximum absolute atomic E-state index is 13.0. The SMILES string of the molecule is O=C(Nc1cccc(C(F)(F)F)c1)Nc1cc(S(=O)(=O)CC2CC2)ccc1N1CCCOCC1. The van der Waals surface area contributed by atoms with Gasteiger partial charge in [-0.05, 0) is 61.6 Å². The Labute approximate surface area is 196 Å². The van der Waals surface area contributed by atoms with Crippen LogP contribution < -0.4 is 15.5 Å². The summed E-state index contributed by atoms with van der Waals surface area (Å²) in [4.78, 5) is 14.8. The van der Waals surface area contributed by atoms with Gasteiger partial charge in [0.2, 0.25) is 0 Å². The molecule has 1 aliphatic carbocycles. The lowest BCUT2D eigenvalue weighted by Crippen LogP contribution is -2.28. The zero-order valence-electron chi connectivity index (χ0n) is 18.4. The molecule has 2 fully saturated rings. The Balaban J connectivity index is 1.59. The molecule has 34 heavy (non-hydrogen) atoms. The first-order valence-electron chi connectivity index (χ1n) is 11.1. The predicted molar refractivity (Wildman–Crippen MR) is 123 cm³/mol. The summed E-state index contributed by atoms with van der Waals surface area (Å²) in [5, 5.41) is 5.04. The minimum atomic E-state index is -4.54. The second kappa shape index (κ2) is 9.83. The monoisotopic (exact) mass is 497 g/mol. The lowest BCUT2D eigenvalue weighted by atomic mass is 10.2. The molecule has 2 N–H and O–H groups in total. The average molecular weight is 498 g/mol. The summed E-state index contributed by atoms with van der Waals surface area (Å²) in [6, 6.07) is 8.14. The first-order valence-corrected chi connectivity index (χ1v) is 12.7. The molecule has 2 aliphatic rings. The van der Waals surface area contributed by atoms with Crippen LogP contribution in [0.2, 0.25) is 0 Å². The van der Waals surface area contributed by atoms with Crippen LogP contribution in [-0.2, 0) is 20.8 Å². The molecular formula is C23H26F3N3O4S. The molecule has 4 rings (SSSR count). The number of alkyl halides is 3. The highest BCUT2D eigenvalue weighted by atomic mass is 32.2. The van der Waals surface area contributed by atoms with E-state index in [1.807, 2.05) is 4.90 Å². The number of anilines is 3. The highest BCUT2D eigenvalue weighted by Crippen LogP contribution is 2.35. The third-order valence-corrected chi connectivity index (χ3v) is 7.62. The maximum atomic E-state index is 13.0. The molecule has 0 radical (unpaired) electrons. The Morgan fingerprint density at radius 1 is 1.06 bits per heavy atom. The van der Waals surface area contributed by atoms with Crippen LogP contribution in [0.1, 0.15) is 24.8 Å². The summed E-state index contributed by atoms with van der Waals surface area (Å²) in [5.74, 6) is 0.216. The number of carbonyl (C=O) groups is 1. The number of nitrogens with zero attached hydrogens (tertiary/aromatic N) is 1. The number of carbonyl (C=O) groups excluding carboxylic acids is 1. The summed E-state index contributed by atoms with van der Waals surface area (Å²) in [7, 11) is -3.53. The Bertz CT molecular complexity index is 1140. The predicted octanol–water partition coefficient (Wildman–Crippen LogP) is 4.76. The molecule has 0 bridgehead atoms. The van der Waals surface area contributed by atoms with Crippen molar-refractivity contribution < 1.29 is 31.1 Å². The molecule has 1 saturated heterocycles. The van der Waals surface area contributed by atoms with Crippen molar-refractivity contribution in [2.75, 3.05) is 47.6 Å². The summed E-state index contributed by atoms with van der Waals surface area (Å²) in [5.41, 5.74) is -0.0309. The first-order chi connectivity index (χ1) is 16.1. The van der Waals surface area contributed by atoms with E-state index in [1.54, 1.807) is 6.07 Å². The van der Waals surface area contributed by atoms with Crippen LogP contribution >= 0.6 is 0 Å². The Hall–Kier alpha value is -2.79. The van der Waals surface area contributed by atoms with Crippen LogP contribution in [0.3, 0.4) is 0 Å². The van der Waals surface area contributed by atoms with Gasteiger partial charge >= 0.3 is 12.2 Å². The lowest BCUT2D eigenvalue weighted by Gasteiger charge is -2.25. The molecule has 2 aromatic rings. The van der Waals surface area contributed by atoms with Crippen molar-refractivity contribution in [3.8, 4) is 0 Å². The van der Waals surface area contributed by atoms with Crippen molar-refractivity contribution in [3.05, 3.63) is 48.0 Å². The highest BCUT2D eigenvalue weighted by Gasteiger charge is 2.31. The maximum Gasteiger partial charge on any atom is 0.416 e. The van der Waals surface area contributed by atoms with E-state index in [2.05, 4.69) is 10.6 Å². The van der Waals surface area contributed by atoms with Crippen LogP contribution in [0.25, 0.3) is 0 Å². The third-order valence-electron chi connectivity index (χ3n) is 5.74. The molecular weight excluding hydrogens is 471 g/mol. The molecule has 2 aromatic carbocycles. The number of rotatable bonds is 6. The van der Waals surface area contributed by atoms with Crippen LogP contribution in [0.4, 0.5) is 35.0 Å². The first kappa shape index (κ1) is 24.3. The second-order valence-corrected chi connectivity index (χ2v) is 10.5. The number of nitrogens with one attached hydrogen (secondary N) is 2. The van der Waals surface area contributed by atoms with Gasteiger partial charge in [0.1, 0.15) is 0 Å². The minimum absolute atomic E-state index is 0.0328. The van der Waals surface area contributed by atoms with E-state index in [-0.39, 0.29) is 27.9 Å². The fourth-order valence-electron chi connectivity index (χ4n) is 3.82. The fourth-order valence-corrected chi connectivity index (χ4v) is 5.54. The topological polar surface area (TPSA) is 87.7 Å². The molecule has 1 saturated carbocycles. The van der Waals surface area contributed by atoms with Crippen molar-refractivity contribution in [1.82, 2.24) is 0 Å². The van der Waals surface area contributed by atoms with Gasteiger partial charge in [0.25, 0.3) is 0 Å². The number of sulfone groups is 1. The van der Waals surface area contributed by atoms with E-state index in [0.29, 0.717) is 32.0 Å². The molecule has 1 aliphatic heterocycles. The van der Waals surface area contributed by atoms with Crippen LogP contribution in [0.15, 0.2) is 47.4 Å². The van der Waals surface area contributed by atoms with Crippen molar-refractivity contribution >= 4 is 32.9 Å². The fraction of sp³-hybridized carbons (Fsp3) is 0.435. The summed E-state index contributed by atoms with van der Waals surface area (Å²) in [6.07, 6.45) is -2.01. The molecule has 0 unspecified atom stereocenters. The number of hydrogen-bond acceptors (Lipinski definition) is 5. The van der Waals surface area contributed by atoms with E-state index < -0.39 is 27.6 Å². The van der Waals surface area contributed by atoms with Crippen LogP contribution in [0, 0.1) is 5.92 Å². The molecule has 184 valence electrons. The molecule has 0 spiro atoms. The van der Waals surface area contributed by atoms with E-state index in [4.69, 9.17) is 4.74 Å². The van der Waals surface area contributed by atoms with Gasteiger partial charge in [-0.25, -0.2) is 13.2 Å². The van der Waals surface area contributed by atoms with E-state index >= 15 is 0 Å². The molecule has 11 heteroatoms. The van der Waals surface area contributed by atoms with Crippen LogP contribution in [0.5, 0.6) is 0 Å². The summed E-state index contributed by atoms with van der Waals surface area (Å²) < 4.78 is 70.1. The smallest absolute Gasteiger partial charge is 0.380 e. The number of amides is 2. The lowest BCUT2D eigenvalue weighted by molar-refractivity contribution is -0.137. The molecule has 0 aromatic heterocycles. The second-order valence-electron chi connectivity index (χ2n) is 8.51. The Morgan fingerprint density at radius 3 is 2.59 bits per heavy atom. The highest BCUT2D eigenvalue weighted by molar-refractivity contribution is 7.91. The van der Waals surface area contributed by atoms with Gasteiger partial charge < -0.3 is 20.3 Å². The summed E-state index contributed by atoms with van der Waals surface area (Å²) >= 11 is 0. The third kappa shape index (κ3) is 6.20. The average Bonchev–Trinajstić information content (AvgIpc) is 3.60. The van der Waals surface area contributed by atoms with Crippen molar-refractivity contribution in [2.45, 2.75) is 30.3 Å². The molecule has 7 nitrogen and oxygen atoms in total. The molecule has 1 heterocycles. The zero-order valence-corrected chi connectivity index (χ0v) is 19.2. The zero-order chi connectivity index (χ0) is 24.3. The molecule has 2 amide bonds. The van der Waals surface area contributed by atoms with Gasteiger partial charge in [-0.2, -0.15) is 13.2 Å². The number of halogens is 3. The summed E-state index contributed by atoms with van der Waals surface area (Å²) in [6.45, 7) is 2.29.